The first-order valence-corrected chi connectivity index (χ1v) is 6.58. The van der Waals surface area contributed by atoms with Crippen LogP contribution in [0.3, 0.4) is 0 Å². The van der Waals surface area contributed by atoms with Crippen molar-refractivity contribution in [2.45, 2.75) is 19.4 Å². The second-order valence-electron chi connectivity index (χ2n) is 4.04. The number of benzene rings is 1. The molecule has 0 bridgehead atoms. The van der Waals surface area contributed by atoms with E-state index in [1.807, 2.05) is 0 Å². The molecule has 94 valence electrons. The Balaban J connectivity index is 2.77. The van der Waals surface area contributed by atoms with Gasteiger partial charge in [0.05, 0.1) is 0 Å². The molecular weight excluding hydrogens is 243 g/mol. The van der Waals surface area contributed by atoms with Gasteiger partial charge in [-0.1, -0.05) is 18.2 Å². The minimum absolute atomic E-state index is 0.312. The van der Waals surface area contributed by atoms with Crippen LogP contribution in [0.1, 0.15) is 13.8 Å². The maximum atomic E-state index is 11.9. The second-order valence-corrected chi connectivity index (χ2v) is 5.64. The molecule has 1 aromatic carbocycles. The minimum atomic E-state index is -3.72. The number of carbonyl (C=O) groups is 1. The number of hydrogen-bond donors (Lipinski definition) is 3. The number of nitrogens with one attached hydrogen (secondary N) is 1. The van der Waals surface area contributed by atoms with Crippen LogP contribution in [-0.4, -0.2) is 16.6 Å². The van der Waals surface area contributed by atoms with Gasteiger partial charge in [-0.3, -0.25) is 4.79 Å². The van der Waals surface area contributed by atoms with Crippen molar-refractivity contribution in [3.63, 3.8) is 0 Å². The largest absolute Gasteiger partial charge is 0.480 e. The van der Waals surface area contributed by atoms with Crippen LogP contribution in [0.15, 0.2) is 30.3 Å². The maximum Gasteiger partial charge on any atom is 0.388 e. The van der Waals surface area contributed by atoms with Crippen molar-refractivity contribution in [1.29, 1.82) is 0 Å². The maximum absolute atomic E-state index is 11.9. The Morgan fingerprint density at radius 3 is 2.41 bits per heavy atom. The molecule has 17 heavy (non-hydrogen) atoms. The quantitative estimate of drug-likeness (QED) is 0.693. The zero-order valence-corrected chi connectivity index (χ0v) is 10.5. The van der Waals surface area contributed by atoms with E-state index in [9.17, 15) is 9.36 Å². The molecule has 1 unspecified atom stereocenters. The molecule has 0 aromatic heterocycles. The SMILES string of the molecule is CC(C)(NP(N)(=O)Oc1ccccc1)C(=O)O. The fourth-order valence-electron chi connectivity index (χ4n) is 1.10. The van der Waals surface area contributed by atoms with Gasteiger partial charge >= 0.3 is 13.6 Å². The molecule has 0 aliphatic rings. The Hall–Kier alpha value is -1.36. The third-order valence-corrected chi connectivity index (χ3v) is 3.31. The summed E-state index contributed by atoms with van der Waals surface area (Å²) < 4.78 is 16.9. The summed E-state index contributed by atoms with van der Waals surface area (Å²) in [6, 6.07) is 8.31. The summed E-state index contributed by atoms with van der Waals surface area (Å²) in [4.78, 5) is 10.9. The zero-order valence-electron chi connectivity index (χ0n) is 9.58. The Labute approximate surface area is 99.3 Å². The highest BCUT2D eigenvalue weighted by molar-refractivity contribution is 7.54. The van der Waals surface area contributed by atoms with Gasteiger partial charge in [-0.25, -0.2) is 15.2 Å². The first-order chi connectivity index (χ1) is 7.73. The molecule has 1 rings (SSSR count). The summed E-state index contributed by atoms with van der Waals surface area (Å²) in [5.74, 6) is -0.855. The molecule has 0 aliphatic heterocycles. The highest BCUT2D eigenvalue weighted by atomic mass is 31.2. The number of carboxylic acids is 1. The third-order valence-electron chi connectivity index (χ3n) is 1.95. The van der Waals surface area contributed by atoms with Crippen LogP contribution in [0.25, 0.3) is 0 Å². The zero-order chi connectivity index (χ0) is 13.1. The lowest BCUT2D eigenvalue weighted by molar-refractivity contribution is -0.142. The predicted molar refractivity (Wildman–Crippen MR) is 63.7 cm³/mol. The van der Waals surface area contributed by atoms with Crippen molar-refractivity contribution in [3.8, 4) is 5.75 Å². The van der Waals surface area contributed by atoms with Crippen molar-refractivity contribution in [3.05, 3.63) is 30.3 Å². The molecule has 0 amide bonds. The molecule has 7 heteroatoms. The van der Waals surface area contributed by atoms with Crippen molar-refractivity contribution < 1.29 is 19.0 Å². The predicted octanol–water partition coefficient (Wildman–Crippen LogP) is 1.58. The summed E-state index contributed by atoms with van der Waals surface area (Å²) in [6.07, 6.45) is 0. The number of hydrogen-bond acceptors (Lipinski definition) is 3. The summed E-state index contributed by atoms with van der Waals surface area (Å²) >= 11 is 0. The molecule has 4 N–H and O–H groups in total. The molecular formula is C10H15N2O4P. The van der Waals surface area contributed by atoms with E-state index < -0.39 is 19.2 Å². The molecule has 0 heterocycles. The molecule has 0 saturated heterocycles. The number of aliphatic carboxylic acids is 1. The fraction of sp³-hybridized carbons (Fsp3) is 0.300. The summed E-state index contributed by atoms with van der Waals surface area (Å²) in [6.45, 7) is 2.70. The van der Waals surface area contributed by atoms with Crippen LogP contribution < -0.4 is 15.1 Å². The van der Waals surface area contributed by atoms with Gasteiger partial charge in [0.25, 0.3) is 0 Å². The Morgan fingerprint density at radius 1 is 1.41 bits per heavy atom. The second kappa shape index (κ2) is 4.87. The van der Waals surface area contributed by atoms with Crippen molar-refractivity contribution in [1.82, 2.24) is 5.09 Å². The molecule has 0 saturated carbocycles. The number of nitrogens with two attached hydrogens (primary N) is 1. The first kappa shape index (κ1) is 13.7. The smallest absolute Gasteiger partial charge is 0.388 e. The summed E-state index contributed by atoms with van der Waals surface area (Å²) in [5, 5.41) is 11.2. The minimum Gasteiger partial charge on any atom is -0.480 e. The topological polar surface area (TPSA) is 102 Å². The average molecular weight is 258 g/mol. The van der Waals surface area contributed by atoms with Crippen LogP contribution in [0.4, 0.5) is 0 Å². The standard InChI is InChI=1S/C10H15N2O4P/c1-10(2,9(13)14)12-17(11,15)16-8-6-4-3-5-7-8/h3-7H,1-2H3,(H,13,14)(H3,11,12,15). The van der Waals surface area contributed by atoms with Crippen LogP contribution in [0.5, 0.6) is 5.75 Å². The lowest BCUT2D eigenvalue weighted by Gasteiger charge is -2.25. The van der Waals surface area contributed by atoms with Crippen LogP contribution >= 0.6 is 7.67 Å². The van der Waals surface area contributed by atoms with Crippen molar-refractivity contribution >= 4 is 13.6 Å². The summed E-state index contributed by atoms with van der Waals surface area (Å²) in [7, 11) is -3.72. The van der Waals surface area contributed by atoms with Gasteiger partial charge in [-0.2, -0.15) is 0 Å². The molecule has 0 spiro atoms. The van der Waals surface area contributed by atoms with Crippen LogP contribution in [0.2, 0.25) is 0 Å². The van der Waals surface area contributed by atoms with Gasteiger partial charge in [0, 0.05) is 0 Å². The lowest BCUT2D eigenvalue weighted by Crippen LogP contribution is -2.46. The van der Waals surface area contributed by atoms with Gasteiger partial charge < -0.3 is 9.63 Å². The Kier molecular flexibility index (Phi) is 3.93. The monoisotopic (exact) mass is 258 g/mol. The third kappa shape index (κ3) is 4.19. The molecule has 0 fully saturated rings. The van der Waals surface area contributed by atoms with Gasteiger partial charge in [-0.05, 0) is 26.0 Å². The normalized spacial score (nSPS) is 15.0. The van der Waals surface area contributed by atoms with Crippen LogP contribution in [-0.2, 0) is 9.36 Å². The highest BCUT2D eigenvalue weighted by Crippen LogP contribution is 2.36. The van der Waals surface area contributed by atoms with E-state index in [4.69, 9.17) is 15.1 Å². The van der Waals surface area contributed by atoms with Crippen molar-refractivity contribution in [2.75, 3.05) is 0 Å². The Bertz CT molecular complexity index is 447. The lowest BCUT2D eigenvalue weighted by atomic mass is 10.1. The van der Waals surface area contributed by atoms with Gasteiger partial charge in [0.1, 0.15) is 11.3 Å². The fourth-order valence-corrected chi connectivity index (χ4v) is 2.45. The molecule has 1 atom stereocenters. The number of para-hydroxylation sites is 1. The molecule has 0 aliphatic carbocycles. The molecule has 1 aromatic rings. The van der Waals surface area contributed by atoms with Crippen LogP contribution in [0, 0.1) is 0 Å². The van der Waals surface area contributed by atoms with E-state index in [-0.39, 0.29) is 0 Å². The van der Waals surface area contributed by atoms with Crippen molar-refractivity contribution in [2.24, 2.45) is 5.50 Å². The van der Waals surface area contributed by atoms with E-state index in [1.165, 1.54) is 13.8 Å². The van der Waals surface area contributed by atoms with E-state index in [1.54, 1.807) is 30.3 Å². The average Bonchev–Trinajstić information content (AvgIpc) is 2.16. The van der Waals surface area contributed by atoms with Gasteiger partial charge in [-0.15, -0.1) is 0 Å². The molecule has 0 radical (unpaired) electrons. The van der Waals surface area contributed by atoms with E-state index in [0.29, 0.717) is 5.75 Å². The van der Waals surface area contributed by atoms with E-state index in [0.717, 1.165) is 0 Å². The van der Waals surface area contributed by atoms with Gasteiger partial charge in [0.2, 0.25) is 0 Å². The number of carboxylic acid groups (broad SMARTS) is 1. The molecule has 6 nitrogen and oxygen atoms in total. The van der Waals surface area contributed by atoms with E-state index >= 15 is 0 Å². The van der Waals surface area contributed by atoms with E-state index in [2.05, 4.69) is 5.09 Å². The highest BCUT2D eigenvalue weighted by Gasteiger charge is 2.35. The van der Waals surface area contributed by atoms with Gasteiger partial charge in [0.15, 0.2) is 0 Å². The first-order valence-electron chi connectivity index (χ1n) is 4.89. The summed E-state index contributed by atoms with van der Waals surface area (Å²) in [5.41, 5.74) is 4.00. The Morgan fingerprint density at radius 2 is 1.94 bits per heavy atom. The number of rotatable bonds is 5.